The zero-order valence-electron chi connectivity index (χ0n) is 11.7. The Kier molecular flexibility index (Phi) is 4.69. The molecule has 0 radical (unpaired) electrons. The van der Waals surface area contributed by atoms with E-state index in [1.54, 1.807) is 12.1 Å². The van der Waals surface area contributed by atoms with Crippen LogP contribution in [0.1, 0.15) is 18.4 Å². The van der Waals surface area contributed by atoms with Gasteiger partial charge in [0.2, 0.25) is 5.91 Å². The van der Waals surface area contributed by atoms with Crippen molar-refractivity contribution in [3.05, 3.63) is 28.8 Å². The lowest BCUT2D eigenvalue weighted by atomic mass is 9.78. The minimum absolute atomic E-state index is 0.105. The Morgan fingerprint density at radius 2 is 2.14 bits per heavy atom. The molecule has 0 spiro atoms. The monoisotopic (exact) mass is 311 g/mol. The van der Waals surface area contributed by atoms with Crippen LogP contribution in [0, 0.1) is 12.3 Å². The van der Waals surface area contributed by atoms with E-state index in [0.29, 0.717) is 36.8 Å². The number of amides is 1. The zero-order chi connectivity index (χ0) is 15.5. The van der Waals surface area contributed by atoms with Crippen molar-refractivity contribution in [1.82, 2.24) is 0 Å². The van der Waals surface area contributed by atoms with Gasteiger partial charge in [-0.25, -0.2) is 0 Å². The fourth-order valence-electron chi connectivity index (χ4n) is 2.38. The Hall–Kier alpha value is -1.79. The fourth-order valence-corrected chi connectivity index (χ4v) is 2.66. The second-order valence-electron chi connectivity index (χ2n) is 5.12. The van der Waals surface area contributed by atoms with Crippen LogP contribution in [0.3, 0.4) is 0 Å². The van der Waals surface area contributed by atoms with Gasteiger partial charge in [0, 0.05) is 13.2 Å². The summed E-state index contributed by atoms with van der Waals surface area (Å²) in [4.78, 5) is 12.6. The summed E-state index contributed by atoms with van der Waals surface area (Å²) >= 11 is 6.12. The molecule has 0 bridgehead atoms. The molecule has 0 unspecified atom stereocenters. The number of ether oxygens (including phenoxy) is 1. The Morgan fingerprint density at radius 1 is 1.48 bits per heavy atom. The predicted molar refractivity (Wildman–Crippen MR) is 80.7 cm³/mol. The number of amidine groups is 1. The first-order valence-electron chi connectivity index (χ1n) is 6.63. The summed E-state index contributed by atoms with van der Waals surface area (Å²) in [5.41, 5.74) is 6.18. The van der Waals surface area contributed by atoms with Gasteiger partial charge in [0.05, 0.1) is 10.7 Å². The van der Waals surface area contributed by atoms with Crippen molar-refractivity contribution in [2.45, 2.75) is 19.8 Å². The van der Waals surface area contributed by atoms with Crippen LogP contribution < -0.4 is 11.1 Å². The normalized spacial score (nSPS) is 18.3. The number of oxime groups is 1. The SMILES string of the molecule is Cc1ccc(NC(=O)C2(C(N)=NO)CCOCC2)c(Cl)c1. The first-order valence-corrected chi connectivity index (χ1v) is 7.01. The summed E-state index contributed by atoms with van der Waals surface area (Å²) < 4.78 is 5.26. The van der Waals surface area contributed by atoms with Crippen LogP contribution in [0.15, 0.2) is 23.4 Å². The van der Waals surface area contributed by atoms with Crippen molar-refractivity contribution in [1.29, 1.82) is 0 Å². The van der Waals surface area contributed by atoms with E-state index in [2.05, 4.69) is 10.5 Å². The number of anilines is 1. The van der Waals surface area contributed by atoms with Gasteiger partial charge in [-0.3, -0.25) is 4.79 Å². The Balaban J connectivity index is 2.27. The molecule has 1 aromatic rings. The van der Waals surface area contributed by atoms with Gasteiger partial charge >= 0.3 is 0 Å². The molecule has 0 aliphatic carbocycles. The fraction of sp³-hybridized carbons (Fsp3) is 0.429. The lowest BCUT2D eigenvalue weighted by Gasteiger charge is -2.34. The largest absolute Gasteiger partial charge is 0.409 e. The summed E-state index contributed by atoms with van der Waals surface area (Å²) in [6, 6.07) is 5.34. The molecule has 0 aromatic heterocycles. The van der Waals surface area contributed by atoms with Gasteiger partial charge in [0.25, 0.3) is 0 Å². The summed E-state index contributed by atoms with van der Waals surface area (Å²) in [6.07, 6.45) is 0.719. The summed E-state index contributed by atoms with van der Waals surface area (Å²) in [5.74, 6) is -0.446. The molecule has 2 rings (SSSR count). The molecule has 1 saturated heterocycles. The molecule has 1 aliphatic rings. The number of aryl methyl sites for hydroxylation is 1. The number of halogens is 1. The maximum absolute atomic E-state index is 12.6. The van der Waals surface area contributed by atoms with Gasteiger partial charge < -0.3 is 21.0 Å². The van der Waals surface area contributed by atoms with Gasteiger partial charge in [-0.1, -0.05) is 22.8 Å². The Bertz CT molecular complexity index is 569. The number of carbonyl (C=O) groups is 1. The number of rotatable bonds is 3. The molecule has 114 valence electrons. The van der Waals surface area contributed by atoms with Crippen LogP contribution >= 0.6 is 11.6 Å². The van der Waals surface area contributed by atoms with E-state index in [0.717, 1.165) is 5.56 Å². The molecule has 1 amide bonds. The van der Waals surface area contributed by atoms with E-state index >= 15 is 0 Å². The first-order chi connectivity index (χ1) is 9.99. The number of nitrogens with zero attached hydrogens (tertiary/aromatic N) is 1. The van der Waals surface area contributed by atoms with Crippen LogP contribution in [-0.4, -0.2) is 30.2 Å². The highest BCUT2D eigenvalue weighted by Gasteiger charge is 2.44. The van der Waals surface area contributed by atoms with Crippen LogP contribution in [0.5, 0.6) is 0 Å². The number of nitrogens with one attached hydrogen (secondary N) is 1. The third-order valence-corrected chi connectivity index (χ3v) is 4.06. The van der Waals surface area contributed by atoms with Crippen molar-refractivity contribution in [2.24, 2.45) is 16.3 Å². The molecule has 21 heavy (non-hydrogen) atoms. The number of carbonyl (C=O) groups excluding carboxylic acids is 1. The number of hydrogen-bond donors (Lipinski definition) is 3. The Morgan fingerprint density at radius 3 is 2.71 bits per heavy atom. The third-order valence-electron chi connectivity index (χ3n) is 3.75. The standard InChI is InChI=1S/C14H18ClN3O3/c1-9-2-3-11(10(15)8-9)17-13(19)14(12(16)18-20)4-6-21-7-5-14/h2-3,8,20H,4-7H2,1H3,(H2,16,18)(H,17,19). The van der Waals surface area contributed by atoms with E-state index in [4.69, 9.17) is 27.3 Å². The van der Waals surface area contributed by atoms with Crippen molar-refractivity contribution in [3.8, 4) is 0 Å². The van der Waals surface area contributed by atoms with E-state index in [-0.39, 0.29) is 11.7 Å². The quantitative estimate of drug-likeness (QED) is 0.345. The molecule has 1 fully saturated rings. The molecular formula is C14H18ClN3O3. The topological polar surface area (TPSA) is 96.9 Å². The predicted octanol–water partition coefficient (Wildman–Crippen LogP) is 2.13. The van der Waals surface area contributed by atoms with E-state index in [1.807, 2.05) is 13.0 Å². The lowest BCUT2D eigenvalue weighted by Crippen LogP contribution is -2.50. The molecule has 6 nitrogen and oxygen atoms in total. The van der Waals surface area contributed by atoms with Crippen molar-refractivity contribution >= 4 is 29.0 Å². The van der Waals surface area contributed by atoms with Crippen LogP contribution in [0.25, 0.3) is 0 Å². The van der Waals surface area contributed by atoms with Crippen LogP contribution in [0.2, 0.25) is 5.02 Å². The van der Waals surface area contributed by atoms with E-state index < -0.39 is 5.41 Å². The first kappa shape index (κ1) is 15.6. The van der Waals surface area contributed by atoms with Gasteiger partial charge in [0.15, 0.2) is 5.84 Å². The summed E-state index contributed by atoms with van der Waals surface area (Å²) in [7, 11) is 0. The van der Waals surface area contributed by atoms with Crippen molar-refractivity contribution in [3.63, 3.8) is 0 Å². The minimum atomic E-state index is -1.07. The maximum Gasteiger partial charge on any atom is 0.238 e. The highest BCUT2D eigenvalue weighted by atomic mass is 35.5. The van der Waals surface area contributed by atoms with E-state index in [1.165, 1.54) is 0 Å². The second kappa shape index (κ2) is 6.32. The summed E-state index contributed by atoms with van der Waals surface area (Å²) in [5, 5.41) is 15.2. The van der Waals surface area contributed by atoms with Crippen LogP contribution in [-0.2, 0) is 9.53 Å². The van der Waals surface area contributed by atoms with Crippen molar-refractivity contribution < 1.29 is 14.7 Å². The second-order valence-corrected chi connectivity index (χ2v) is 5.52. The highest BCUT2D eigenvalue weighted by Crippen LogP contribution is 2.33. The molecular weight excluding hydrogens is 294 g/mol. The smallest absolute Gasteiger partial charge is 0.238 e. The maximum atomic E-state index is 12.6. The zero-order valence-corrected chi connectivity index (χ0v) is 12.5. The lowest BCUT2D eigenvalue weighted by molar-refractivity contribution is -0.126. The average Bonchev–Trinajstić information content (AvgIpc) is 2.49. The molecule has 4 N–H and O–H groups in total. The average molecular weight is 312 g/mol. The molecule has 0 saturated carbocycles. The summed E-state index contributed by atoms with van der Waals surface area (Å²) in [6.45, 7) is 2.67. The number of benzene rings is 1. The van der Waals surface area contributed by atoms with Gasteiger partial charge in [0.1, 0.15) is 5.41 Å². The minimum Gasteiger partial charge on any atom is -0.409 e. The van der Waals surface area contributed by atoms with Gasteiger partial charge in [-0.2, -0.15) is 0 Å². The molecule has 1 aliphatic heterocycles. The van der Waals surface area contributed by atoms with Crippen LogP contribution in [0.4, 0.5) is 5.69 Å². The number of nitrogens with two attached hydrogens (primary N) is 1. The molecule has 7 heteroatoms. The third kappa shape index (κ3) is 3.11. The van der Waals surface area contributed by atoms with Crippen molar-refractivity contribution in [2.75, 3.05) is 18.5 Å². The molecule has 1 aromatic carbocycles. The molecule has 1 heterocycles. The highest BCUT2D eigenvalue weighted by molar-refractivity contribution is 6.34. The van der Waals surface area contributed by atoms with Gasteiger partial charge in [-0.05, 0) is 37.5 Å². The molecule has 0 atom stereocenters. The number of hydrogen-bond acceptors (Lipinski definition) is 4. The van der Waals surface area contributed by atoms with E-state index in [9.17, 15) is 4.79 Å². The van der Waals surface area contributed by atoms with Gasteiger partial charge in [-0.15, -0.1) is 0 Å². The Labute approximate surface area is 127 Å².